The number of aromatic nitrogens is 4. The van der Waals surface area contributed by atoms with E-state index in [2.05, 4.69) is 22.0 Å². The van der Waals surface area contributed by atoms with Crippen LogP contribution in [0.3, 0.4) is 0 Å². The number of rotatable bonds is 3. The van der Waals surface area contributed by atoms with Gasteiger partial charge in [-0.15, -0.1) is 0 Å². The van der Waals surface area contributed by atoms with Crippen LogP contribution in [-0.4, -0.2) is 19.7 Å². The molecule has 2 rings (SSSR count). The van der Waals surface area contributed by atoms with Crippen molar-refractivity contribution in [2.45, 2.75) is 19.8 Å². The van der Waals surface area contributed by atoms with Crippen LogP contribution in [-0.2, 0) is 6.42 Å². The van der Waals surface area contributed by atoms with E-state index in [0.717, 1.165) is 18.7 Å². The highest BCUT2D eigenvalue weighted by molar-refractivity contribution is 6.29. The topological polar surface area (TPSA) is 43.6 Å². The summed E-state index contributed by atoms with van der Waals surface area (Å²) in [6.45, 7) is 2.08. The molecule has 0 fully saturated rings. The largest absolute Gasteiger partial charge is 0.223 e. The quantitative estimate of drug-likeness (QED) is 0.749. The lowest BCUT2D eigenvalue weighted by Gasteiger charge is -2.03. The van der Waals surface area contributed by atoms with E-state index in [1.54, 1.807) is 16.9 Å². The van der Waals surface area contributed by atoms with Crippen LogP contribution in [0.2, 0.25) is 5.15 Å². The van der Waals surface area contributed by atoms with Gasteiger partial charge in [0.2, 0.25) is 0 Å². The minimum atomic E-state index is 0.457. The molecule has 0 amide bonds. The number of hydrogen-bond acceptors (Lipinski definition) is 3. The molecule has 0 aliphatic rings. The monoisotopic (exact) mass is 222 g/mol. The molecular weight excluding hydrogens is 212 g/mol. The Hall–Kier alpha value is -1.42. The number of aryl methyl sites for hydroxylation is 1. The van der Waals surface area contributed by atoms with Crippen LogP contribution in [0, 0.1) is 0 Å². The first-order valence-corrected chi connectivity index (χ1v) is 5.21. The number of nitrogens with zero attached hydrogens (tertiary/aromatic N) is 4. The standard InChI is InChI=1S/C10H11ClN4/c1-2-4-9-13-8(11)7-10(14-9)15-6-3-5-12-15/h3,5-7H,2,4H2,1H3. The molecule has 78 valence electrons. The fourth-order valence-corrected chi connectivity index (χ4v) is 1.50. The third-order valence-corrected chi connectivity index (χ3v) is 2.13. The van der Waals surface area contributed by atoms with Gasteiger partial charge in [0.15, 0.2) is 5.82 Å². The van der Waals surface area contributed by atoms with Gasteiger partial charge in [0.25, 0.3) is 0 Å². The van der Waals surface area contributed by atoms with Crippen LogP contribution in [0.1, 0.15) is 19.2 Å². The van der Waals surface area contributed by atoms with E-state index in [1.807, 2.05) is 12.3 Å². The third-order valence-electron chi connectivity index (χ3n) is 1.94. The van der Waals surface area contributed by atoms with Crippen molar-refractivity contribution in [2.75, 3.05) is 0 Å². The summed E-state index contributed by atoms with van der Waals surface area (Å²) in [6.07, 6.45) is 5.36. The molecule has 0 spiro atoms. The van der Waals surface area contributed by atoms with Crippen molar-refractivity contribution in [3.63, 3.8) is 0 Å². The first kappa shape index (κ1) is 10.1. The molecule has 4 nitrogen and oxygen atoms in total. The normalized spacial score (nSPS) is 10.5. The van der Waals surface area contributed by atoms with E-state index in [1.165, 1.54) is 0 Å². The molecule has 2 aromatic rings. The summed E-state index contributed by atoms with van der Waals surface area (Å²) in [5.74, 6) is 1.47. The van der Waals surface area contributed by atoms with Crippen LogP contribution in [0.4, 0.5) is 0 Å². The second kappa shape index (κ2) is 4.40. The van der Waals surface area contributed by atoms with E-state index in [9.17, 15) is 0 Å². The van der Waals surface area contributed by atoms with E-state index in [4.69, 9.17) is 11.6 Å². The lowest BCUT2D eigenvalue weighted by atomic mass is 10.3. The Morgan fingerprint density at radius 2 is 2.27 bits per heavy atom. The second-order valence-corrected chi connectivity index (χ2v) is 3.55. The Morgan fingerprint density at radius 1 is 1.40 bits per heavy atom. The molecular formula is C10H11ClN4. The molecule has 0 radical (unpaired) electrons. The molecule has 0 atom stereocenters. The van der Waals surface area contributed by atoms with Crippen LogP contribution in [0.5, 0.6) is 0 Å². The highest BCUT2D eigenvalue weighted by Gasteiger charge is 2.04. The fraction of sp³-hybridized carbons (Fsp3) is 0.300. The van der Waals surface area contributed by atoms with E-state index < -0.39 is 0 Å². The minimum Gasteiger partial charge on any atom is -0.223 e. The summed E-state index contributed by atoms with van der Waals surface area (Å²) in [5.41, 5.74) is 0. The molecule has 2 heterocycles. The van der Waals surface area contributed by atoms with Crippen molar-refractivity contribution in [3.8, 4) is 5.82 Å². The molecule has 0 saturated carbocycles. The molecule has 0 saturated heterocycles. The van der Waals surface area contributed by atoms with Gasteiger partial charge in [0, 0.05) is 24.9 Å². The molecule has 0 aliphatic heterocycles. The van der Waals surface area contributed by atoms with Crippen molar-refractivity contribution in [1.29, 1.82) is 0 Å². The van der Waals surface area contributed by atoms with Gasteiger partial charge in [0.1, 0.15) is 11.0 Å². The van der Waals surface area contributed by atoms with E-state index >= 15 is 0 Å². The maximum atomic E-state index is 5.91. The maximum Gasteiger partial charge on any atom is 0.158 e. The second-order valence-electron chi connectivity index (χ2n) is 3.17. The molecule has 0 unspecified atom stereocenters. The van der Waals surface area contributed by atoms with Crippen molar-refractivity contribution >= 4 is 11.6 Å². The Bertz CT molecular complexity index is 439. The Balaban J connectivity index is 2.40. The number of halogens is 1. The predicted octanol–water partition coefficient (Wildman–Crippen LogP) is 2.27. The van der Waals surface area contributed by atoms with Gasteiger partial charge >= 0.3 is 0 Å². The SMILES string of the molecule is CCCc1nc(Cl)cc(-n2cccn2)n1. The Morgan fingerprint density at radius 3 is 2.93 bits per heavy atom. The summed E-state index contributed by atoms with van der Waals surface area (Å²) in [4.78, 5) is 8.52. The minimum absolute atomic E-state index is 0.457. The molecule has 15 heavy (non-hydrogen) atoms. The summed E-state index contributed by atoms with van der Waals surface area (Å²) < 4.78 is 1.67. The summed E-state index contributed by atoms with van der Waals surface area (Å²) in [5, 5.41) is 4.55. The zero-order chi connectivity index (χ0) is 10.7. The molecule has 2 aromatic heterocycles. The predicted molar refractivity (Wildman–Crippen MR) is 58.2 cm³/mol. The van der Waals surface area contributed by atoms with Crippen LogP contribution in [0.15, 0.2) is 24.5 Å². The number of hydrogen-bond donors (Lipinski definition) is 0. The van der Waals surface area contributed by atoms with Gasteiger partial charge in [-0.25, -0.2) is 14.6 Å². The molecule has 5 heteroatoms. The van der Waals surface area contributed by atoms with E-state index in [0.29, 0.717) is 11.0 Å². The van der Waals surface area contributed by atoms with Crippen molar-refractivity contribution in [1.82, 2.24) is 19.7 Å². The van der Waals surface area contributed by atoms with Gasteiger partial charge in [-0.3, -0.25) is 0 Å². The van der Waals surface area contributed by atoms with Crippen molar-refractivity contribution in [3.05, 3.63) is 35.5 Å². The van der Waals surface area contributed by atoms with Crippen molar-refractivity contribution in [2.24, 2.45) is 0 Å². The molecule has 0 aromatic carbocycles. The molecule has 0 bridgehead atoms. The lowest BCUT2D eigenvalue weighted by molar-refractivity contribution is 0.785. The lowest BCUT2D eigenvalue weighted by Crippen LogP contribution is -2.03. The summed E-state index contributed by atoms with van der Waals surface area (Å²) in [7, 11) is 0. The van der Waals surface area contributed by atoms with Gasteiger partial charge in [-0.1, -0.05) is 18.5 Å². The zero-order valence-corrected chi connectivity index (χ0v) is 9.15. The van der Waals surface area contributed by atoms with Crippen LogP contribution < -0.4 is 0 Å². The first-order chi connectivity index (χ1) is 7.29. The van der Waals surface area contributed by atoms with Crippen LogP contribution in [0.25, 0.3) is 5.82 Å². The van der Waals surface area contributed by atoms with Crippen LogP contribution >= 0.6 is 11.6 Å². The zero-order valence-electron chi connectivity index (χ0n) is 8.39. The van der Waals surface area contributed by atoms with Gasteiger partial charge in [-0.05, 0) is 12.5 Å². The summed E-state index contributed by atoms with van der Waals surface area (Å²) >= 11 is 5.91. The maximum absolute atomic E-state index is 5.91. The Kier molecular flexibility index (Phi) is 2.97. The van der Waals surface area contributed by atoms with Gasteiger partial charge in [-0.2, -0.15) is 5.10 Å². The van der Waals surface area contributed by atoms with Crippen molar-refractivity contribution < 1.29 is 0 Å². The summed E-state index contributed by atoms with van der Waals surface area (Å²) in [6, 6.07) is 3.54. The third kappa shape index (κ3) is 2.33. The average Bonchev–Trinajstić information content (AvgIpc) is 2.70. The van der Waals surface area contributed by atoms with E-state index in [-0.39, 0.29) is 0 Å². The first-order valence-electron chi connectivity index (χ1n) is 4.83. The fourth-order valence-electron chi connectivity index (χ4n) is 1.31. The van der Waals surface area contributed by atoms with Gasteiger partial charge < -0.3 is 0 Å². The highest BCUT2D eigenvalue weighted by Crippen LogP contribution is 2.11. The molecule has 0 N–H and O–H groups in total. The Labute approximate surface area is 92.9 Å². The molecule has 0 aliphatic carbocycles. The van der Waals surface area contributed by atoms with Gasteiger partial charge in [0.05, 0.1) is 0 Å². The highest BCUT2D eigenvalue weighted by atomic mass is 35.5. The average molecular weight is 223 g/mol. The smallest absolute Gasteiger partial charge is 0.158 e.